The number of methoxy groups -OCH3 is 1. The molecule has 0 radical (unpaired) electrons. The number of benzene rings is 1. The monoisotopic (exact) mass is 340 g/mol. The van der Waals surface area contributed by atoms with Crippen LogP contribution in [-0.4, -0.2) is 29.1 Å². The predicted octanol–water partition coefficient (Wildman–Crippen LogP) is 3.08. The van der Waals surface area contributed by atoms with Gasteiger partial charge < -0.3 is 19.6 Å². The van der Waals surface area contributed by atoms with Gasteiger partial charge >= 0.3 is 0 Å². The summed E-state index contributed by atoms with van der Waals surface area (Å²) in [4.78, 5) is 17.1. The maximum absolute atomic E-state index is 12.8. The molecule has 25 heavy (non-hydrogen) atoms. The molecular formula is C19H20N2O4. The summed E-state index contributed by atoms with van der Waals surface area (Å²) in [5.41, 5.74) is 1.16. The molecule has 130 valence electrons. The molecule has 0 aliphatic heterocycles. The zero-order valence-electron chi connectivity index (χ0n) is 14.1. The van der Waals surface area contributed by atoms with Crippen molar-refractivity contribution in [2.24, 2.45) is 0 Å². The van der Waals surface area contributed by atoms with Crippen molar-refractivity contribution >= 4 is 16.8 Å². The van der Waals surface area contributed by atoms with Gasteiger partial charge in [-0.3, -0.25) is 9.78 Å². The number of para-hydroxylation sites is 1. The molecule has 2 aromatic heterocycles. The molecule has 0 saturated heterocycles. The van der Waals surface area contributed by atoms with Crippen molar-refractivity contribution < 1.29 is 19.1 Å². The zero-order valence-corrected chi connectivity index (χ0v) is 14.1. The van der Waals surface area contributed by atoms with E-state index in [-0.39, 0.29) is 11.9 Å². The number of hydrogen-bond donors (Lipinski definition) is 2. The number of nitrogens with zero attached hydrogens (tertiary/aromatic N) is 1. The Hall–Kier alpha value is -2.86. The second-order valence-electron chi connectivity index (χ2n) is 5.86. The van der Waals surface area contributed by atoms with E-state index in [0.29, 0.717) is 23.5 Å². The molecule has 2 atom stereocenters. The predicted molar refractivity (Wildman–Crippen MR) is 93.5 cm³/mol. The molecule has 0 aliphatic carbocycles. The van der Waals surface area contributed by atoms with Crippen molar-refractivity contribution in [3.05, 3.63) is 60.2 Å². The van der Waals surface area contributed by atoms with E-state index in [9.17, 15) is 9.90 Å². The lowest BCUT2D eigenvalue weighted by atomic mass is 10.1. The van der Waals surface area contributed by atoms with Gasteiger partial charge in [-0.2, -0.15) is 0 Å². The molecule has 2 N–H and O–H groups in total. The van der Waals surface area contributed by atoms with Crippen LogP contribution in [0.3, 0.4) is 0 Å². The van der Waals surface area contributed by atoms with Gasteiger partial charge in [-0.05, 0) is 25.1 Å². The van der Waals surface area contributed by atoms with E-state index in [1.807, 2.05) is 31.2 Å². The topological polar surface area (TPSA) is 84.6 Å². The lowest BCUT2D eigenvalue weighted by Gasteiger charge is -2.18. The number of fused-ring (bicyclic) bond motifs is 1. The molecule has 1 aromatic carbocycles. The normalized spacial score (nSPS) is 13.4. The minimum Gasteiger partial charge on any atom is -0.494 e. The highest BCUT2D eigenvalue weighted by atomic mass is 16.5. The third kappa shape index (κ3) is 3.64. The lowest BCUT2D eigenvalue weighted by Crippen LogP contribution is -2.34. The first kappa shape index (κ1) is 17.0. The molecule has 0 unspecified atom stereocenters. The summed E-state index contributed by atoms with van der Waals surface area (Å²) < 4.78 is 10.5. The summed E-state index contributed by atoms with van der Waals surface area (Å²) in [6.45, 7) is 1.83. The number of carbonyl (C=O) groups is 1. The smallest absolute Gasteiger partial charge is 0.256 e. The number of rotatable bonds is 6. The van der Waals surface area contributed by atoms with Crippen molar-refractivity contribution in [1.29, 1.82) is 0 Å². The van der Waals surface area contributed by atoms with Gasteiger partial charge in [0.25, 0.3) is 5.91 Å². The van der Waals surface area contributed by atoms with Gasteiger partial charge in [0, 0.05) is 17.8 Å². The molecule has 3 rings (SSSR count). The Morgan fingerprint density at radius 1 is 1.32 bits per heavy atom. The molecule has 0 aliphatic rings. The fourth-order valence-electron chi connectivity index (χ4n) is 2.80. The number of ether oxygens (including phenoxy) is 1. The van der Waals surface area contributed by atoms with Gasteiger partial charge in [-0.1, -0.05) is 18.2 Å². The molecule has 3 aromatic rings. The number of aliphatic hydroxyl groups is 1. The Bertz CT molecular complexity index is 861. The van der Waals surface area contributed by atoms with E-state index in [0.717, 1.165) is 10.9 Å². The Morgan fingerprint density at radius 3 is 2.84 bits per heavy atom. The van der Waals surface area contributed by atoms with Gasteiger partial charge in [-0.25, -0.2) is 0 Å². The minimum absolute atomic E-state index is 0.260. The molecular weight excluding hydrogens is 320 g/mol. The van der Waals surface area contributed by atoms with E-state index in [1.54, 1.807) is 18.3 Å². The first-order chi connectivity index (χ1) is 12.1. The molecule has 6 nitrogen and oxygen atoms in total. The number of nitrogens with one attached hydrogen (secondary N) is 1. The largest absolute Gasteiger partial charge is 0.494 e. The minimum atomic E-state index is -0.777. The fourth-order valence-corrected chi connectivity index (χ4v) is 2.80. The average Bonchev–Trinajstić information content (AvgIpc) is 3.15. The van der Waals surface area contributed by atoms with Crippen LogP contribution in [-0.2, 0) is 0 Å². The van der Waals surface area contributed by atoms with Gasteiger partial charge in [0.05, 0.1) is 30.6 Å². The van der Waals surface area contributed by atoms with E-state index in [1.165, 1.54) is 13.4 Å². The van der Waals surface area contributed by atoms with Gasteiger partial charge in [0.15, 0.2) is 5.75 Å². The number of amides is 1. The summed E-state index contributed by atoms with van der Waals surface area (Å²) in [6.07, 6.45) is 2.61. The summed E-state index contributed by atoms with van der Waals surface area (Å²) in [6, 6.07) is 10.6. The first-order valence-corrected chi connectivity index (χ1v) is 8.04. The Balaban J connectivity index is 1.80. The van der Waals surface area contributed by atoms with Crippen molar-refractivity contribution in [2.45, 2.75) is 25.5 Å². The highest BCUT2D eigenvalue weighted by Crippen LogP contribution is 2.26. The molecule has 0 saturated carbocycles. The third-order valence-electron chi connectivity index (χ3n) is 4.01. The second-order valence-corrected chi connectivity index (χ2v) is 5.86. The van der Waals surface area contributed by atoms with Crippen LogP contribution in [0.4, 0.5) is 0 Å². The number of pyridine rings is 1. The van der Waals surface area contributed by atoms with Gasteiger partial charge in [0.2, 0.25) is 0 Å². The molecule has 2 heterocycles. The Labute approximate surface area is 145 Å². The van der Waals surface area contributed by atoms with Crippen molar-refractivity contribution in [3.63, 3.8) is 0 Å². The molecule has 1 amide bonds. The van der Waals surface area contributed by atoms with E-state index in [2.05, 4.69) is 10.3 Å². The van der Waals surface area contributed by atoms with Gasteiger partial charge in [0.1, 0.15) is 11.9 Å². The maximum Gasteiger partial charge on any atom is 0.256 e. The maximum atomic E-state index is 12.8. The van der Waals surface area contributed by atoms with E-state index in [4.69, 9.17) is 9.15 Å². The van der Waals surface area contributed by atoms with E-state index < -0.39 is 6.10 Å². The summed E-state index contributed by atoms with van der Waals surface area (Å²) in [7, 11) is 1.51. The van der Waals surface area contributed by atoms with Crippen molar-refractivity contribution in [2.75, 3.05) is 7.11 Å². The summed E-state index contributed by atoms with van der Waals surface area (Å²) in [5.74, 6) is 0.623. The van der Waals surface area contributed by atoms with Crippen LogP contribution < -0.4 is 10.1 Å². The van der Waals surface area contributed by atoms with Crippen LogP contribution >= 0.6 is 0 Å². The van der Waals surface area contributed by atoms with E-state index >= 15 is 0 Å². The SMILES string of the molecule is COc1cnc2ccccc2c1C(=O)N[C@@H](C)C[C@H](O)c1ccco1. The number of aromatic nitrogens is 1. The second kappa shape index (κ2) is 7.36. The van der Waals surface area contributed by atoms with Crippen molar-refractivity contribution in [1.82, 2.24) is 10.3 Å². The quantitative estimate of drug-likeness (QED) is 0.720. The molecule has 6 heteroatoms. The number of carbonyl (C=O) groups excluding carboxylic acids is 1. The summed E-state index contributed by atoms with van der Waals surface area (Å²) >= 11 is 0. The average molecular weight is 340 g/mol. The standard InChI is InChI=1S/C19H20N2O4/c1-12(10-15(22)16-8-5-9-25-16)21-19(23)18-13-6-3-4-7-14(13)20-11-17(18)24-2/h3-9,11-12,15,22H,10H2,1-2H3,(H,21,23)/t12-,15-/m0/s1. The molecule has 0 spiro atoms. The highest BCUT2D eigenvalue weighted by molar-refractivity contribution is 6.08. The fraction of sp³-hybridized carbons (Fsp3) is 0.263. The van der Waals surface area contributed by atoms with Crippen LogP contribution in [0.25, 0.3) is 10.9 Å². The van der Waals surface area contributed by atoms with Crippen LogP contribution in [0, 0.1) is 0 Å². The molecule has 0 bridgehead atoms. The van der Waals surface area contributed by atoms with Crippen LogP contribution in [0.1, 0.15) is 35.6 Å². The Morgan fingerprint density at radius 2 is 2.12 bits per heavy atom. The number of aliphatic hydroxyl groups excluding tert-OH is 1. The highest BCUT2D eigenvalue weighted by Gasteiger charge is 2.21. The lowest BCUT2D eigenvalue weighted by molar-refractivity contribution is 0.0902. The van der Waals surface area contributed by atoms with Gasteiger partial charge in [-0.15, -0.1) is 0 Å². The van der Waals surface area contributed by atoms with Crippen LogP contribution in [0.2, 0.25) is 0 Å². The number of furan rings is 1. The third-order valence-corrected chi connectivity index (χ3v) is 4.01. The van der Waals surface area contributed by atoms with Crippen LogP contribution in [0.15, 0.2) is 53.3 Å². The first-order valence-electron chi connectivity index (χ1n) is 8.04. The summed E-state index contributed by atoms with van der Waals surface area (Å²) in [5, 5.41) is 13.8. The Kier molecular flexibility index (Phi) is 5.00. The number of hydrogen-bond acceptors (Lipinski definition) is 5. The van der Waals surface area contributed by atoms with Crippen LogP contribution in [0.5, 0.6) is 5.75 Å². The van der Waals surface area contributed by atoms with Crippen molar-refractivity contribution in [3.8, 4) is 5.75 Å². The zero-order chi connectivity index (χ0) is 17.8. The molecule has 0 fully saturated rings.